The number of fused-ring (bicyclic) bond motifs is 1. The van der Waals surface area contributed by atoms with Crippen LogP contribution in [-0.2, 0) is 21.7 Å². The maximum atomic E-state index is 11.7. The molecule has 3 atom stereocenters. The molecule has 2 aliphatic carbocycles. The van der Waals surface area contributed by atoms with Crippen molar-refractivity contribution in [3.63, 3.8) is 0 Å². The molecule has 1 aromatic rings. The maximum Gasteiger partial charge on any atom is 4.00 e. The molecule has 3 rings (SSSR count). The van der Waals surface area contributed by atoms with Crippen LogP contribution in [0.3, 0.4) is 0 Å². The van der Waals surface area contributed by atoms with E-state index in [9.17, 15) is 5.16 Å². The number of benzene rings is 1. The molecule has 3 unspecified atom stereocenters. The van der Waals surface area contributed by atoms with Crippen LogP contribution < -0.4 is 5.30 Å². The smallest absolute Gasteiger partial charge is 0.804 e. The summed E-state index contributed by atoms with van der Waals surface area (Å²) in [4.78, 5) is 0. The number of hydrogen-bond donors (Lipinski definition) is 0. The fourth-order valence-electron chi connectivity index (χ4n) is 4.60. The van der Waals surface area contributed by atoms with Gasteiger partial charge in [-0.3, -0.25) is 0 Å². The third-order valence-corrected chi connectivity index (χ3v) is 10.2. The predicted octanol–water partition coefficient (Wildman–Crippen LogP) is 7.48. The Labute approximate surface area is 184 Å². The summed E-state index contributed by atoms with van der Waals surface area (Å²) < 4.78 is 0. The maximum absolute atomic E-state index is 11.7. The third kappa shape index (κ3) is 5.17. The van der Waals surface area contributed by atoms with Gasteiger partial charge in [0.1, 0.15) is 0 Å². The van der Waals surface area contributed by atoms with Crippen LogP contribution in [0.5, 0.6) is 0 Å². The van der Waals surface area contributed by atoms with Gasteiger partial charge in [-0.25, -0.2) is 0 Å². The molecule has 3 heteroatoms. The molecule has 0 aliphatic heterocycles. The molecule has 148 valence electrons. The van der Waals surface area contributed by atoms with Crippen molar-refractivity contribution in [2.45, 2.75) is 57.8 Å². The predicted molar refractivity (Wildman–Crippen MR) is 123 cm³/mol. The third-order valence-electron chi connectivity index (χ3n) is 5.87. The van der Waals surface area contributed by atoms with Gasteiger partial charge in [0.2, 0.25) is 0 Å². The van der Waals surface area contributed by atoms with E-state index in [1.165, 1.54) is 23.7 Å². The standard InChI is InChI=1S/C21H29NP.3CH3.Ti/c1-15(2)23(22,16(3)4)21-12-8-7-11-20(21)19-14-13-17-9-5-6-10-18(17)19;;;;/h5-12,15-19H,13-14H2,1-4H3;3*1H3;/q4*-1;+4. The molecule has 1 aromatic carbocycles. The second-order valence-electron chi connectivity index (χ2n) is 7.68. The molecule has 0 saturated heterocycles. The number of rotatable bonds is 4. The van der Waals surface area contributed by atoms with E-state index in [4.69, 9.17) is 0 Å². The Hall–Kier alpha value is -0.356. The molecule has 27 heavy (non-hydrogen) atoms. The Morgan fingerprint density at radius 3 is 2.04 bits per heavy atom. The summed E-state index contributed by atoms with van der Waals surface area (Å²) in [5, 5.41) is 12.9. The molecular weight excluding hydrogens is 381 g/mol. The van der Waals surface area contributed by atoms with Crippen molar-refractivity contribution in [2.75, 3.05) is 0 Å². The summed E-state index contributed by atoms with van der Waals surface area (Å²) in [5.41, 5.74) is 2.03. The number of nitrogens with zero attached hydrogens (tertiary/aromatic N) is 1. The minimum absolute atomic E-state index is 0. The van der Waals surface area contributed by atoms with Gasteiger partial charge in [0.05, 0.1) is 0 Å². The van der Waals surface area contributed by atoms with Crippen LogP contribution in [-0.4, -0.2) is 11.3 Å². The molecule has 2 aliphatic rings. The van der Waals surface area contributed by atoms with Gasteiger partial charge in [0.15, 0.2) is 0 Å². The van der Waals surface area contributed by atoms with Crippen molar-refractivity contribution >= 4 is 12.4 Å². The Bertz CT molecular complexity index is 663. The Morgan fingerprint density at radius 1 is 0.889 bits per heavy atom. The van der Waals surface area contributed by atoms with Gasteiger partial charge in [0.25, 0.3) is 0 Å². The van der Waals surface area contributed by atoms with Crippen LogP contribution in [0.2, 0.25) is 0 Å². The first kappa shape index (κ1) is 28.9. The average Bonchev–Trinajstić information content (AvgIpc) is 2.97. The summed E-state index contributed by atoms with van der Waals surface area (Å²) in [6.45, 7) is 8.74. The van der Waals surface area contributed by atoms with Crippen LogP contribution in [0.25, 0.3) is 5.16 Å². The summed E-state index contributed by atoms with van der Waals surface area (Å²) >= 11 is 0. The average molecular weight is 419 g/mol. The molecule has 0 radical (unpaired) electrons. The second kappa shape index (κ2) is 11.6. The minimum atomic E-state index is -2.14. The van der Waals surface area contributed by atoms with E-state index in [2.05, 4.69) is 76.3 Å². The topological polar surface area (TPSA) is 22.3 Å². The zero-order valence-electron chi connectivity index (χ0n) is 18.3. The van der Waals surface area contributed by atoms with Crippen LogP contribution >= 0.6 is 7.05 Å². The van der Waals surface area contributed by atoms with Crippen molar-refractivity contribution in [3.8, 4) is 0 Å². The van der Waals surface area contributed by atoms with Crippen LogP contribution in [0, 0.1) is 34.1 Å². The van der Waals surface area contributed by atoms with E-state index < -0.39 is 7.05 Å². The van der Waals surface area contributed by atoms with Crippen LogP contribution in [0.4, 0.5) is 0 Å². The monoisotopic (exact) mass is 419 g/mol. The van der Waals surface area contributed by atoms with Gasteiger partial charge in [-0.2, -0.15) is 7.05 Å². The summed E-state index contributed by atoms with van der Waals surface area (Å²) in [6, 6.07) is 8.75. The SMILES string of the molecule is CC(C)P(=[N-])(c1ccccc1C1CCC2C=CC=CC21)C(C)C.[CH3-].[CH3-].[CH3-].[Ti+4]. The molecule has 1 saturated carbocycles. The van der Waals surface area contributed by atoms with E-state index in [0.29, 0.717) is 29.1 Å². The van der Waals surface area contributed by atoms with E-state index in [-0.39, 0.29) is 44.0 Å². The van der Waals surface area contributed by atoms with Gasteiger partial charge >= 0.3 is 21.7 Å². The molecule has 1 nitrogen and oxygen atoms in total. The zero-order chi connectivity index (χ0) is 16.6. The quantitative estimate of drug-likeness (QED) is 0.274. The normalized spacial score (nSPS) is 23.0. The van der Waals surface area contributed by atoms with Crippen molar-refractivity contribution in [1.82, 2.24) is 0 Å². The van der Waals surface area contributed by atoms with Gasteiger partial charge < -0.3 is 27.4 Å². The minimum Gasteiger partial charge on any atom is -0.804 e. The van der Waals surface area contributed by atoms with Gasteiger partial charge in [0, 0.05) is 0 Å². The van der Waals surface area contributed by atoms with E-state index >= 15 is 0 Å². The molecule has 0 amide bonds. The van der Waals surface area contributed by atoms with Crippen molar-refractivity contribution in [3.05, 3.63) is 81.6 Å². The number of allylic oxidation sites excluding steroid dienone is 4. The Morgan fingerprint density at radius 2 is 1.44 bits per heavy atom. The zero-order valence-corrected chi connectivity index (χ0v) is 20.8. The first-order valence-electron chi connectivity index (χ1n) is 9.02. The fraction of sp³-hybridized carbons (Fsp3) is 0.458. The molecule has 0 heterocycles. The largest absolute Gasteiger partial charge is 4.00 e. The molecule has 0 spiro atoms. The molecule has 0 N–H and O–H groups in total. The summed E-state index contributed by atoms with van der Waals surface area (Å²) in [7, 11) is -2.14. The van der Waals surface area contributed by atoms with Crippen LogP contribution in [0.15, 0.2) is 48.6 Å². The number of hydrogen-bond acceptors (Lipinski definition) is 0. The fourth-order valence-corrected chi connectivity index (χ4v) is 7.88. The van der Waals surface area contributed by atoms with Crippen molar-refractivity contribution in [1.29, 1.82) is 0 Å². The van der Waals surface area contributed by atoms with E-state index in [0.717, 1.165) is 0 Å². The first-order valence-corrected chi connectivity index (χ1v) is 10.9. The molecule has 0 aromatic heterocycles. The van der Waals surface area contributed by atoms with Gasteiger partial charge in [-0.1, -0.05) is 76.3 Å². The van der Waals surface area contributed by atoms with Crippen molar-refractivity contribution < 1.29 is 21.7 Å². The van der Waals surface area contributed by atoms with Crippen molar-refractivity contribution in [2.24, 2.45) is 11.8 Å². The Kier molecular flexibility index (Phi) is 12.4. The van der Waals surface area contributed by atoms with E-state index in [1.54, 1.807) is 0 Å². The molecular formula is C24H38NPTi. The second-order valence-corrected chi connectivity index (χ2v) is 11.7. The summed E-state index contributed by atoms with van der Waals surface area (Å²) in [5.74, 6) is 1.85. The van der Waals surface area contributed by atoms with Crippen LogP contribution in [0.1, 0.15) is 52.0 Å². The van der Waals surface area contributed by atoms with Gasteiger partial charge in [-0.15, -0.1) is 0 Å². The van der Waals surface area contributed by atoms with E-state index in [1.807, 2.05) is 0 Å². The summed E-state index contributed by atoms with van der Waals surface area (Å²) in [6.07, 6.45) is 11.7. The van der Waals surface area contributed by atoms with Gasteiger partial charge in [-0.05, 0) is 52.8 Å². The first-order chi connectivity index (χ1) is 11.0. The molecule has 1 fully saturated rings. The Balaban J connectivity index is 0. The molecule has 0 bridgehead atoms.